The maximum absolute atomic E-state index is 11.4. The van der Waals surface area contributed by atoms with Crippen molar-refractivity contribution in [2.75, 3.05) is 20.1 Å². The van der Waals surface area contributed by atoms with Gasteiger partial charge in [0.05, 0.1) is 6.04 Å². The van der Waals surface area contributed by atoms with Gasteiger partial charge in [-0.3, -0.25) is 9.69 Å². The first-order valence-corrected chi connectivity index (χ1v) is 7.06. The van der Waals surface area contributed by atoms with Crippen molar-refractivity contribution in [2.24, 2.45) is 5.73 Å². The summed E-state index contributed by atoms with van der Waals surface area (Å²) in [5.41, 5.74) is 5.42. The van der Waals surface area contributed by atoms with Crippen LogP contribution < -0.4 is 5.73 Å². The van der Waals surface area contributed by atoms with E-state index in [0.29, 0.717) is 12.2 Å². The molecule has 0 aliphatic rings. The van der Waals surface area contributed by atoms with Crippen molar-refractivity contribution in [3.05, 3.63) is 0 Å². The summed E-state index contributed by atoms with van der Waals surface area (Å²) < 4.78 is 0. The molecule has 0 aromatic carbocycles. The second kappa shape index (κ2) is 13.7. The first-order valence-electron chi connectivity index (χ1n) is 7.06. The molecular weight excluding hydrogens is 212 g/mol. The molecule has 0 radical (unpaired) electrons. The molecule has 0 heterocycles. The van der Waals surface area contributed by atoms with Crippen LogP contribution >= 0.6 is 0 Å². The summed E-state index contributed by atoms with van der Waals surface area (Å²) >= 11 is 0. The Morgan fingerprint density at radius 2 is 1.71 bits per heavy atom. The van der Waals surface area contributed by atoms with Gasteiger partial charge in [-0.2, -0.15) is 0 Å². The van der Waals surface area contributed by atoms with Crippen LogP contribution in [-0.2, 0) is 4.79 Å². The molecule has 0 aromatic heterocycles. The fourth-order valence-corrected chi connectivity index (χ4v) is 1.59. The Kier molecular flexibility index (Phi) is 15.2. The van der Waals surface area contributed by atoms with Crippen LogP contribution in [0.3, 0.4) is 0 Å². The minimum absolute atomic E-state index is 0.0736. The number of Topliss-reactive ketones (excluding diaryl/α,β-unsaturated/α-hetero) is 1. The molecule has 0 rings (SSSR count). The summed E-state index contributed by atoms with van der Waals surface area (Å²) in [4.78, 5) is 13.6. The average Bonchev–Trinajstić information content (AvgIpc) is 2.38. The molecular formula is C14H32N2O. The lowest BCUT2D eigenvalue weighted by Gasteiger charge is -2.22. The largest absolute Gasteiger partial charge is 0.330 e. The van der Waals surface area contributed by atoms with Crippen LogP contribution in [0.15, 0.2) is 0 Å². The molecule has 0 amide bonds. The van der Waals surface area contributed by atoms with Crippen LogP contribution in [0, 0.1) is 0 Å². The monoisotopic (exact) mass is 244 g/mol. The predicted molar refractivity (Wildman–Crippen MR) is 76.3 cm³/mol. The highest BCUT2D eigenvalue weighted by Gasteiger charge is 2.14. The number of unbranched alkanes of at least 4 members (excludes halogenated alkanes) is 3. The normalized spacial score (nSPS) is 11.9. The predicted octanol–water partition coefficient (Wildman–Crippen LogP) is 2.83. The molecule has 0 spiro atoms. The summed E-state index contributed by atoms with van der Waals surface area (Å²) in [6.45, 7) is 9.72. The van der Waals surface area contributed by atoms with Crippen molar-refractivity contribution in [2.45, 2.75) is 65.8 Å². The molecule has 0 fully saturated rings. The van der Waals surface area contributed by atoms with Gasteiger partial charge in [0.1, 0.15) is 5.78 Å². The highest BCUT2D eigenvalue weighted by molar-refractivity contribution is 5.83. The zero-order valence-corrected chi connectivity index (χ0v) is 12.5. The third kappa shape index (κ3) is 10.5. The van der Waals surface area contributed by atoms with Gasteiger partial charge in [0, 0.05) is 6.42 Å². The van der Waals surface area contributed by atoms with Gasteiger partial charge in [0.2, 0.25) is 0 Å². The Bertz CT molecular complexity index is 172. The Morgan fingerprint density at radius 3 is 2.18 bits per heavy atom. The molecule has 104 valence electrons. The molecule has 0 aliphatic carbocycles. The molecule has 0 aliphatic heterocycles. The van der Waals surface area contributed by atoms with Gasteiger partial charge in [0.15, 0.2) is 0 Å². The Labute approximate surface area is 108 Å². The highest BCUT2D eigenvalue weighted by atomic mass is 16.1. The van der Waals surface area contributed by atoms with Crippen molar-refractivity contribution >= 4 is 5.78 Å². The number of carbonyl (C=O) groups is 1. The molecule has 3 heteroatoms. The Morgan fingerprint density at radius 1 is 1.18 bits per heavy atom. The topological polar surface area (TPSA) is 46.3 Å². The molecule has 0 saturated carbocycles. The van der Waals surface area contributed by atoms with Gasteiger partial charge in [-0.05, 0) is 39.9 Å². The van der Waals surface area contributed by atoms with E-state index in [1.54, 1.807) is 0 Å². The van der Waals surface area contributed by atoms with Crippen LogP contribution in [0.2, 0.25) is 0 Å². The molecule has 1 atom stereocenters. The van der Waals surface area contributed by atoms with Gasteiger partial charge in [-0.15, -0.1) is 0 Å². The van der Waals surface area contributed by atoms with E-state index in [-0.39, 0.29) is 6.04 Å². The highest BCUT2D eigenvalue weighted by Crippen LogP contribution is 2.04. The Hall–Kier alpha value is -0.410. The number of hydrogen-bond donors (Lipinski definition) is 1. The number of likely N-dealkylation sites (N-methyl/N-ethyl adjacent to an activating group) is 1. The van der Waals surface area contributed by atoms with Gasteiger partial charge >= 0.3 is 0 Å². The summed E-state index contributed by atoms with van der Waals surface area (Å²) in [7, 11) is 2.03. The van der Waals surface area contributed by atoms with Gasteiger partial charge in [-0.1, -0.05) is 33.6 Å². The van der Waals surface area contributed by atoms with Crippen LogP contribution in [0.5, 0.6) is 0 Å². The minimum atomic E-state index is 0.0736. The number of nitrogens with zero attached hydrogens (tertiary/aromatic N) is 1. The maximum atomic E-state index is 11.4. The van der Waals surface area contributed by atoms with Crippen molar-refractivity contribution in [3.8, 4) is 0 Å². The van der Waals surface area contributed by atoms with Crippen molar-refractivity contribution in [1.82, 2.24) is 4.90 Å². The first kappa shape index (κ1) is 18.9. The lowest BCUT2D eigenvalue weighted by Crippen LogP contribution is -2.36. The number of carbonyl (C=O) groups excluding carboxylic acids is 1. The van der Waals surface area contributed by atoms with Crippen LogP contribution in [0.1, 0.15) is 59.8 Å². The van der Waals surface area contributed by atoms with E-state index >= 15 is 0 Å². The zero-order valence-electron chi connectivity index (χ0n) is 12.5. The number of hydrogen-bond acceptors (Lipinski definition) is 3. The SMILES string of the molecule is CC.CCC(=O)[C@@H](C)N(C)CCCCCCN. The number of ketones is 1. The van der Waals surface area contributed by atoms with E-state index < -0.39 is 0 Å². The lowest BCUT2D eigenvalue weighted by atomic mass is 10.1. The standard InChI is InChI=1S/C12H26N2O.C2H6/c1-4-12(15)11(2)14(3)10-8-6-5-7-9-13;1-2/h11H,4-10,13H2,1-3H3;1-2H3/t11-;/m1./s1. The maximum Gasteiger partial charge on any atom is 0.149 e. The Balaban J connectivity index is 0. The van der Waals surface area contributed by atoms with E-state index in [0.717, 1.165) is 25.9 Å². The summed E-state index contributed by atoms with van der Waals surface area (Å²) in [5.74, 6) is 0.333. The zero-order chi connectivity index (χ0) is 13.7. The van der Waals surface area contributed by atoms with E-state index in [1.807, 2.05) is 34.7 Å². The van der Waals surface area contributed by atoms with Gasteiger partial charge < -0.3 is 5.73 Å². The second-order valence-electron chi connectivity index (χ2n) is 4.18. The van der Waals surface area contributed by atoms with Gasteiger partial charge in [0.25, 0.3) is 0 Å². The smallest absolute Gasteiger partial charge is 0.149 e. The van der Waals surface area contributed by atoms with Crippen LogP contribution in [-0.4, -0.2) is 36.9 Å². The van der Waals surface area contributed by atoms with E-state index in [9.17, 15) is 4.79 Å². The molecule has 0 aromatic rings. The van der Waals surface area contributed by atoms with Gasteiger partial charge in [-0.25, -0.2) is 0 Å². The van der Waals surface area contributed by atoms with Crippen molar-refractivity contribution in [3.63, 3.8) is 0 Å². The average molecular weight is 244 g/mol. The fraction of sp³-hybridized carbons (Fsp3) is 0.929. The van der Waals surface area contributed by atoms with E-state index in [1.165, 1.54) is 12.8 Å². The van der Waals surface area contributed by atoms with Crippen molar-refractivity contribution < 1.29 is 4.79 Å². The molecule has 3 nitrogen and oxygen atoms in total. The summed E-state index contributed by atoms with van der Waals surface area (Å²) in [5, 5.41) is 0. The fourth-order valence-electron chi connectivity index (χ4n) is 1.59. The summed E-state index contributed by atoms with van der Waals surface area (Å²) in [6.07, 6.45) is 5.35. The number of nitrogens with two attached hydrogens (primary N) is 1. The molecule has 0 bridgehead atoms. The number of rotatable bonds is 9. The lowest BCUT2D eigenvalue weighted by molar-refractivity contribution is -0.123. The minimum Gasteiger partial charge on any atom is -0.330 e. The molecule has 17 heavy (non-hydrogen) atoms. The third-order valence-corrected chi connectivity index (χ3v) is 2.94. The summed E-state index contributed by atoms with van der Waals surface area (Å²) in [6, 6.07) is 0.0736. The quantitative estimate of drug-likeness (QED) is 0.634. The molecule has 0 unspecified atom stereocenters. The molecule has 2 N–H and O–H groups in total. The van der Waals surface area contributed by atoms with Crippen molar-refractivity contribution in [1.29, 1.82) is 0 Å². The third-order valence-electron chi connectivity index (χ3n) is 2.94. The van der Waals surface area contributed by atoms with E-state index in [2.05, 4.69) is 4.90 Å². The second-order valence-corrected chi connectivity index (χ2v) is 4.18. The first-order chi connectivity index (χ1) is 8.13. The molecule has 0 saturated heterocycles. The van der Waals surface area contributed by atoms with E-state index in [4.69, 9.17) is 5.73 Å². The van der Waals surface area contributed by atoms with Crippen LogP contribution in [0.25, 0.3) is 0 Å². The van der Waals surface area contributed by atoms with Crippen LogP contribution in [0.4, 0.5) is 0 Å².